The molecule has 2 aromatic carbocycles. The lowest BCUT2D eigenvalue weighted by Crippen LogP contribution is -2.57. The Labute approximate surface area is 197 Å². The van der Waals surface area contributed by atoms with Crippen molar-refractivity contribution in [1.82, 2.24) is 4.90 Å². The Balaban J connectivity index is 1.65. The number of nitrogens with zero attached hydrogens (tertiary/aromatic N) is 2. The molecular weight excluding hydrogens is 455 g/mol. The molecule has 0 aromatic heterocycles. The molecule has 0 spiro atoms. The largest absolute Gasteiger partial charge is 0.611 e. The van der Waals surface area contributed by atoms with Crippen molar-refractivity contribution in [2.45, 2.75) is 44.3 Å². The molecule has 1 unspecified atom stereocenters. The van der Waals surface area contributed by atoms with E-state index in [0.717, 1.165) is 35.9 Å². The van der Waals surface area contributed by atoms with E-state index in [4.69, 9.17) is 27.9 Å². The lowest BCUT2D eigenvalue weighted by molar-refractivity contribution is -0.139. The lowest BCUT2D eigenvalue weighted by atomic mass is 10.0. The van der Waals surface area contributed by atoms with Crippen LogP contribution in [0.1, 0.15) is 26.3 Å². The van der Waals surface area contributed by atoms with E-state index in [-0.39, 0.29) is 12.4 Å². The van der Waals surface area contributed by atoms with Crippen LogP contribution in [0.4, 0.5) is 5.69 Å². The highest BCUT2D eigenvalue weighted by atomic mass is 35.5. The molecule has 3 rings (SSSR count). The number of hydrogen-bond acceptors (Lipinski definition) is 5. The molecule has 0 N–H and O–H groups in total. The highest BCUT2D eigenvalue weighted by molar-refractivity contribution is 7.92. The molecule has 1 heterocycles. The van der Waals surface area contributed by atoms with Crippen LogP contribution in [0.25, 0.3) is 0 Å². The summed E-state index contributed by atoms with van der Waals surface area (Å²) in [5, 5.41) is 1.16. The number of benzene rings is 2. The topological polar surface area (TPSA) is 55.8 Å². The summed E-state index contributed by atoms with van der Waals surface area (Å²) in [5.41, 5.74) is 2.19. The van der Waals surface area contributed by atoms with Gasteiger partial charge in [-0.1, -0.05) is 35.3 Å². The van der Waals surface area contributed by atoms with E-state index in [1.54, 1.807) is 13.0 Å². The Morgan fingerprint density at radius 2 is 1.94 bits per heavy atom. The average Bonchev–Trinajstić information content (AvgIpc) is 2.71. The fraction of sp³-hybridized carbons (Fsp3) is 0.435. The molecule has 0 aliphatic carbocycles. The van der Waals surface area contributed by atoms with E-state index < -0.39 is 17.1 Å². The van der Waals surface area contributed by atoms with Gasteiger partial charge in [-0.25, -0.2) is 4.79 Å². The quantitative estimate of drug-likeness (QED) is 0.420. The first-order valence-corrected chi connectivity index (χ1v) is 12.5. The highest BCUT2D eigenvalue weighted by Gasteiger charge is 2.31. The van der Waals surface area contributed by atoms with Crippen LogP contribution in [0.2, 0.25) is 10.0 Å². The summed E-state index contributed by atoms with van der Waals surface area (Å²) in [6.45, 7) is 9.01. The maximum Gasteiger partial charge on any atom is 0.356 e. The van der Waals surface area contributed by atoms with Gasteiger partial charge in [0.15, 0.2) is 4.90 Å². The predicted molar refractivity (Wildman–Crippen MR) is 127 cm³/mol. The Kier molecular flexibility index (Phi) is 8.53. The van der Waals surface area contributed by atoms with Crippen LogP contribution in [0.3, 0.4) is 0 Å². The SMILES string of the molecule is CCOC(=O)C[S+]([O-])c1ccc(CN2CCN(c3cccc(Cl)c3)[C@H](C)[C@H]2C)cc1Cl. The number of halogens is 2. The smallest absolute Gasteiger partial charge is 0.356 e. The van der Waals surface area contributed by atoms with Crippen molar-refractivity contribution in [3.63, 3.8) is 0 Å². The van der Waals surface area contributed by atoms with Crippen molar-refractivity contribution in [3.05, 3.63) is 58.1 Å². The molecule has 0 saturated carbocycles. The number of carbonyl (C=O) groups excluding carboxylic acids is 1. The number of ether oxygens (including phenoxy) is 1. The second-order valence-electron chi connectivity index (χ2n) is 7.68. The Hall–Kier alpha value is -1.44. The maximum atomic E-state index is 12.4. The standard InChI is InChI=1S/C23H28Cl2N2O3S/c1-4-30-23(28)15-31(29)22-9-8-18(12-21(22)25)14-26-10-11-27(17(3)16(26)2)20-7-5-6-19(24)13-20/h5-9,12-13,16-17H,4,10-11,14-15H2,1-3H3/t16-,17-,31?/m1/s1. The first-order chi connectivity index (χ1) is 14.8. The summed E-state index contributed by atoms with van der Waals surface area (Å²) in [5.74, 6) is -0.672. The summed E-state index contributed by atoms with van der Waals surface area (Å²) < 4.78 is 17.3. The minimum atomic E-state index is -1.52. The Bertz CT molecular complexity index is 914. The summed E-state index contributed by atoms with van der Waals surface area (Å²) in [6, 6.07) is 14.2. The predicted octanol–water partition coefficient (Wildman–Crippen LogP) is 4.76. The Morgan fingerprint density at radius 3 is 2.61 bits per heavy atom. The second kappa shape index (κ2) is 10.9. The molecule has 0 amide bonds. The van der Waals surface area contributed by atoms with Crippen molar-refractivity contribution < 1.29 is 14.1 Å². The van der Waals surface area contributed by atoms with E-state index in [1.807, 2.05) is 30.3 Å². The highest BCUT2D eigenvalue weighted by Crippen LogP contribution is 2.29. The van der Waals surface area contributed by atoms with Gasteiger partial charge in [-0.05, 0) is 67.8 Å². The molecule has 0 radical (unpaired) electrons. The summed E-state index contributed by atoms with van der Waals surface area (Å²) in [4.78, 5) is 16.9. The number of rotatable bonds is 7. The van der Waals surface area contributed by atoms with Crippen LogP contribution in [0.15, 0.2) is 47.4 Å². The van der Waals surface area contributed by atoms with Gasteiger partial charge in [0.05, 0.1) is 11.6 Å². The van der Waals surface area contributed by atoms with E-state index >= 15 is 0 Å². The van der Waals surface area contributed by atoms with Crippen molar-refractivity contribution in [1.29, 1.82) is 0 Å². The molecule has 5 nitrogen and oxygen atoms in total. The van der Waals surface area contributed by atoms with E-state index in [0.29, 0.717) is 22.0 Å². The maximum absolute atomic E-state index is 12.4. The third-order valence-electron chi connectivity index (χ3n) is 5.72. The van der Waals surface area contributed by atoms with Crippen LogP contribution in [0, 0.1) is 0 Å². The van der Waals surface area contributed by atoms with Gasteiger partial charge in [0.1, 0.15) is 0 Å². The van der Waals surface area contributed by atoms with Crippen molar-refractivity contribution in [2.24, 2.45) is 0 Å². The molecule has 2 aromatic rings. The molecule has 0 bridgehead atoms. The number of esters is 1. The fourth-order valence-electron chi connectivity index (χ4n) is 3.90. The zero-order valence-electron chi connectivity index (χ0n) is 18.0. The number of anilines is 1. The summed E-state index contributed by atoms with van der Waals surface area (Å²) in [7, 11) is 0. The molecule has 3 atom stereocenters. The van der Waals surface area contributed by atoms with Gasteiger partial charge in [-0.3, -0.25) is 4.90 Å². The van der Waals surface area contributed by atoms with Crippen LogP contribution >= 0.6 is 23.2 Å². The van der Waals surface area contributed by atoms with Crippen molar-refractivity contribution in [3.8, 4) is 0 Å². The van der Waals surface area contributed by atoms with Gasteiger partial charge < -0.3 is 14.2 Å². The van der Waals surface area contributed by atoms with Gasteiger partial charge >= 0.3 is 5.97 Å². The van der Waals surface area contributed by atoms with Crippen LogP contribution in [-0.4, -0.2) is 53.0 Å². The molecule has 1 aliphatic heterocycles. The van der Waals surface area contributed by atoms with Crippen molar-refractivity contribution >= 4 is 46.0 Å². The zero-order chi connectivity index (χ0) is 22.5. The molecule has 1 fully saturated rings. The average molecular weight is 483 g/mol. The monoisotopic (exact) mass is 482 g/mol. The number of carbonyl (C=O) groups is 1. The molecule has 168 valence electrons. The number of piperazine rings is 1. The summed E-state index contributed by atoms with van der Waals surface area (Å²) in [6.07, 6.45) is 0. The lowest BCUT2D eigenvalue weighted by Gasteiger charge is -2.46. The normalized spacial score (nSPS) is 20.5. The molecule has 31 heavy (non-hydrogen) atoms. The fourth-order valence-corrected chi connectivity index (χ4v) is 5.50. The third-order valence-corrected chi connectivity index (χ3v) is 7.72. The molecule has 1 aliphatic rings. The Morgan fingerprint density at radius 1 is 1.16 bits per heavy atom. The van der Waals surface area contributed by atoms with Crippen LogP contribution < -0.4 is 4.90 Å². The first kappa shape index (κ1) is 24.2. The molecule has 8 heteroatoms. The van der Waals surface area contributed by atoms with Gasteiger partial charge in [-0.15, -0.1) is 0 Å². The minimum Gasteiger partial charge on any atom is -0.611 e. The van der Waals surface area contributed by atoms with E-state index in [1.165, 1.54) is 0 Å². The third kappa shape index (κ3) is 6.08. The molecular formula is C23H28Cl2N2O3S. The van der Waals surface area contributed by atoms with Crippen LogP contribution in [0.5, 0.6) is 0 Å². The molecule has 1 saturated heterocycles. The minimum absolute atomic E-state index is 0.188. The first-order valence-electron chi connectivity index (χ1n) is 10.4. The van der Waals surface area contributed by atoms with Gasteiger partial charge in [0.25, 0.3) is 0 Å². The van der Waals surface area contributed by atoms with E-state index in [9.17, 15) is 9.35 Å². The number of hydrogen-bond donors (Lipinski definition) is 0. The van der Waals surface area contributed by atoms with Gasteiger partial charge in [0.2, 0.25) is 5.75 Å². The second-order valence-corrected chi connectivity index (χ2v) is 9.95. The van der Waals surface area contributed by atoms with Crippen molar-refractivity contribution in [2.75, 3.05) is 30.3 Å². The van der Waals surface area contributed by atoms with Crippen LogP contribution in [-0.2, 0) is 27.3 Å². The van der Waals surface area contributed by atoms with Gasteiger partial charge in [-0.2, -0.15) is 0 Å². The van der Waals surface area contributed by atoms with Gasteiger partial charge in [0, 0.05) is 42.4 Å². The summed E-state index contributed by atoms with van der Waals surface area (Å²) >= 11 is 11.1. The zero-order valence-corrected chi connectivity index (χ0v) is 20.3. The van der Waals surface area contributed by atoms with E-state index in [2.05, 4.69) is 29.7 Å².